The average Bonchev–Trinajstić information content (AvgIpc) is 2.17. The molecule has 0 saturated carbocycles. The molecule has 1 N–H and O–H groups in total. The molecule has 1 unspecified atom stereocenters. The summed E-state index contributed by atoms with van der Waals surface area (Å²) in [4.78, 5) is 11.5. The number of unbranched alkanes of at least 4 members (excludes halogenated alkanes) is 1. The van der Waals surface area contributed by atoms with Gasteiger partial charge in [0.2, 0.25) is 5.91 Å². The standard InChI is InChI=1S/C11H22ClNO2/c1-9(2)10(8-15-3)13-11(14)6-4-5-7-12/h9-10H,4-8H2,1-3H3,(H,13,14). The van der Waals surface area contributed by atoms with Crippen LogP contribution in [0.1, 0.15) is 33.1 Å². The summed E-state index contributed by atoms with van der Waals surface area (Å²) in [7, 11) is 1.65. The smallest absolute Gasteiger partial charge is 0.220 e. The lowest BCUT2D eigenvalue weighted by atomic mass is 10.1. The lowest BCUT2D eigenvalue weighted by Gasteiger charge is -2.21. The van der Waals surface area contributed by atoms with Crippen molar-refractivity contribution in [3.8, 4) is 0 Å². The van der Waals surface area contributed by atoms with Crippen molar-refractivity contribution in [3.63, 3.8) is 0 Å². The Hall–Kier alpha value is -0.280. The minimum atomic E-state index is 0.0934. The molecule has 0 aliphatic carbocycles. The normalized spacial score (nSPS) is 12.9. The lowest BCUT2D eigenvalue weighted by Crippen LogP contribution is -2.41. The summed E-state index contributed by atoms with van der Waals surface area (Å²) in [6, 6.07) is 0.110. The molecule has 90 valence electrons. The molecule has 0 heterocycles. The summed E-state index contributed by atoms with van der Waals surface area (Å²) in [5.74, 6) is 1.11. The first-order chi connectivity index (χ1) is 7.11. The zero-order valence-corrected chi connectivity index (χ0v) is 10.6. The molecule has 15 heavy (non-hydrogen) atoms. The van der Waals surface area contributed by atoms with E-state index in [-0.39, 0.29) is 11.9 Å². The number of rotatable bonds is 8. The second kappa shape index (κ2) is 8.98. The molecule has 0 aromatic heterocycles. The minimum absolute atomic E-state index is 0.0934. The Labute approximate surface area is 97.5 Å². The number of carbonyl (C=O) groups excluding carboxylic acids is 1. The van der Waals surface area contributed by atoms with Gasteiger partial charge >= 0.3 is 0 Å². The fraction of sp³-hybridized carbons (Fsp3) is 0.909. The average molecular weight is 236 g/mol. The third-order valence-electron chi connectivity index (χ3n) is 2.28. The largest absolute Gasteiger partial charge is 0.383 e. The molecular weight excluding hydrogens is 214 g/mol. The highest BCUT2D eigenvalue weighted by Crippen LogP contribution is 2.04. The number of halogens is 1. The SMILES string of the molecule is COCC(NC(=O)CCCCCl)C(C)C. The van der Waals surface area contributed by atoms with Crippen molar-refractivity contribution < 1.29 is 9.53 Å². The van der Waals surface area contributed by atoms with Gasteiger partial charge in [0, 0.05) is 19.4 Å². The Morgan fingerprint density at radius 3 is 2.53 bits per heavy atom. The second-order valence-electron chi connectivity index (χ2n) is 4.02. The van der Waals surface area contributed by atoms with E-state index in [4.69, 9.17) is 16.3 Å². The Balaban J connectivity index is 3.78. The van der Waals surface area contributed by atoms with Crippen LogP contribution in [-0.2, 0) is 9.53 Å². The highest BCUT2D eigenvalue weighted by Gasteiger charge is 2.15. The Morgan fingerprint density at radius 2 is 2.07 bits per heavy atom. The van der Waals surface area contributed by atoms with Gasteiger partial charge in [-0.1, -0.05) is 13.8 Å². The molecular formula is C11H22ClNO2. The molecule has 0 fully saturated rings. The van der Waals surface area contributed by atoms with Crippen LogP contribution in [0.2, 0.25) is 0 Å². The number of alkyl halides is 1. The highest BCUT2D eigenvalue weighted by molar-refractivity contribution is 6.17. The van der Waals surface area contributed by atoms with E-state index >= 15 is 0 Å². The van der Waals surface area contributed by atoms with Gasteiger partial charge in [0.15, 0.2) is 0 Å². The summed E-state index contributed by atoms with van der Waals surface area (Å²) < 4.78 is 5.06. The van der Waals surface area contributed by atoms with Crippen LogP contribution in [0.3, 0.4) is 0 Å². The molecule has 0 aliphatic heterocycles. The maximum absolute atomic E-state index is 11.5. The van der Waals surface area contributed by atoms with E-state index in [1.165, 1.54) is 0 Å². The fourth-order valence-corrected chi connectivity index (χ4v) is 1.43. The van der Waals surface area contributed by atoms with E-state index in [1.807, 2.05) is 0 Å². The van der Waals surface area contributed by atoms with Crippen molar-refractivity contribution in [1.82, 2.24) is 5.32 Å². The first-order valence-corrected chi connectivity index (χ1v) is 5.99. The maximum Gasteiger partial charge on any atom is 0.220 e. The zero-order chi connectivity index (χ0) is 11.7. The third kappa shape index (κ3) is 7.63. The number of nitrogens with one attached hydrogen (secondary N) is 1. The van der Waals surface area contributed by atoms with Gasteiger partial charge in [-0.3, -0.25) is 4.79 Å². The van der Waals surface area contributed by atoms with Crippen molar-refractivity contribution in [2.24, 2.45) is 5.92 Å². The van der Waals surface area contributed by atoms with Crippen LogP contribution in [0.5, 0.6) is 0 Å². The van der Waals surface area contributed by atoms with Crippen molar-refractivity contribution >= 4 is 17.5 Å². The van der Waals surface area contributed by atoms with E-state index < -0.39 is 0 Å². The molecule has 3 nitrogen and oxygen atoms in total. The van der Waals surface area contributed by atoms with Crippen LogP contribution < -0.4 is 5.32 Å². The van der Waals surface area contributed by atoms with Crippen LogP contribution in [0, 0.1) is 5.92 Å². The number of ether oxygens (including phenoxy) is 1. The molecule has 0 aromatic rings. The first-order valence-electron chi connectivity index (χ1n) is 5.46. The maximum atomic E-state index is 11.5. The van der Waals surface area contributed by atoms with Crippen LogP contribution in [0.4, 0.5) is 0 Å². The van der Waals surface area contributed by atoms with E-state index in [2.05, 4.69) is 19.2 Å². The molecule has 0 radical (unpaired) electrons. The van der Waals surface area contributed by atoms with Gasteiger partial charge in [0.05, 0.1) is 12.6 Å². The Bertz CT molecular complexity index is 174. The molecule has 0 aliphatic rings. The Kier molecular flexibility index (Phi) is 8.82. The quantitative estimate of drug-likeness (QED) is 0.517. The molecule has 0 rings (SSSR count). The monoisotopic (exact) mass is 235 g/mol. The molecule has 0 spiro atoms. The molecule has 0 bridgehead atoms. The minimum Gasteiger partial charge on any atom is -0.383 e. The van der Waals surface area contributed by atoms with E-state index in [1.54, 1.807) is 7.11 Å². The lowest BCUT2D eigenvalue weighted by molar-refractivity contribution is -0.122. The molecule has 0 saturated heterocycles. The second-order valence-corrected chi connectivity index (χ2v) is 4.40. The highest BCUT2D eigenvalue weighted by atomic mass is 35.5. The van der Waals surface area contributed by atoms with E-state index in [0.717, 1.165) is 12.8 Å². The number of carbonyl (C=O) groups is 1. The van der Waals surface area contributed by atoms with Gasteiger partial charge in [0.1, 0.15) is 0 Å². The number of hydrogen-bond donors (Lipinski definition) is 1. The van der Waals surface area contributed by atoms with Crippen molar-refractivity contribution in [3.05, 3.63) is 0 Å². The fourth-order valence-electron chi connectivity index (χ4n) is 1.24. The number of hydrogen-bond acceptors (Lipinski definition) is 2. The summed E-state index contributed by atoms with van der Waals surface area (Å²) in [6.07, 6.45) is 2.30. The number of methoxy groups -OCH3 is 1. The van der Waals surface area contributed by atoms with Gasteiger partial charge in [-0.15, -0.1) is 11.6 Å². The van der Waals surface area contributed by atoms with Crippen molar-refractivity contribution in [2.75, 3.05) is 19.6 Å². The topological polar surface area (TPSA) is 38.3 Å². The van der Waals surface area contributed by atoms with E-state index in [0.29, 0.717) is 24.8 Å². The summed E-state index contributed by atoms with van der Waals surface area (Å²) in [5, 5.41) is 2.97. The van der Waals surface area contributed by atoms with Gasteiger partial charge in [-0.2, -0.15) is 0 Å². The molecule has 1 atom stereocenters. The van der Waals surface area contributed by atoms with Gasteiger partial charge < -0.3 is 10.1 Å². The van der Waals surface area contributed by atoms with Crippen LogP contribution in [0.25, 0.3) is 0 Å². The van der Waals surface area contributed by atoms with Gasteiger partial charge in [-0.25, -0.2) is 0 Å². The first kappa shape index (κ1) is 14.7. The van der Waals surface area contributed by atoms with Crippen LogP contribution >= 0.6 is 11.6 Å². The van der Waals surface area contributed by atoms with Gasteiger partial charge in [-0.05, 0) is 18.8 Å². The zero-order valence-electron chi connectivity index (χ0n) is 9.88. The van der Waals surface area contributed by atoms with Crippen molar-refractivity contribution in [1.29, 1.82) is 0 Å². The molecule has 1 amide bonds. The van der Waals surface area contributed by atoms with Crippen molar-refractivity contribution in [2.45, 2.75) is 39.2 Å². The Morgan fingerprint density at radius 1 is 1.40 bits per heavy atom. The number of amides is 1. The molecule has 0 aromatic carbocycles. The van der Waals surface area contributed by atoms with Gasteiger partial charge in [0.25, 0.3) is 0 Å². The molecule has 4 heteroatoms. The summed E-state index contributed by atoms with van der Waals surface area (Å²) in [6.45, 7) is 4.71. The van der Waals surface area contributed by atoms with Crippen LogP contribution in [-0.4, -0.2) is 31.5 Å². The third-order valence-corrected chi connectivity index (χ3v) is 2.55. The summed E-state index contributed by atoms with van der Waals surface area (Å²) >= 11 is 5.54. The van der Waals surface area contributed by atoms with Crippen LogP contribution in [0.15, 0.2) is 0 Å². The van der Waals surface area contributed by atoms with E-state index in [9.17, 15) is 4.79 Å². The summed E-state index contributed by atoms with van der Waals surface area (Å²) in [5.41, 5.74) is 0. The predicted molar refractivity (Wildman–Crippen MR) is 63.2 cm³/mol. The predicted octanol–water partition coefficient (Wildman–Crippen LogP) is 2.18.